The number of nitrogens with zero attached hydrogens (tertiary/aromatic N) is 3. The molecule has 2 rings (SSSR count). The Bertz CT molecular complexity index is 383. The molecule has 1 fully saturated rings. The predicted octanol–water partition coefficient (Wildman–Crippen LogP) is 2.06. The summed E-state index contributed by atoms with van der Waals surface area (Å²) in [6, 6.07) is 0.680. The van der Waals surface area contributed by atoms with Gasteiger partial charge in [-0.05, 0) is 39.7 Å². The molecule has 0 amide bonds. The maximum absolute atomic E-state index is 4.63. The van der Waals surface area contributed by atoms with E-state index in [-0.39, 0.29) is 0 Å². The third-order valence-corrected chi connectivity index (χ3v) is 3.53. The van der Waals surface area contributed by atoms with Crippen LogP contribution in [0, 0.1) is 13.8 Å². The summed E-state index contributed by atoms with van der Waals surface area (Å²) < 4.78 is 0. The highest BCUT2D eigenvalue weighted by Crippen LogP contribution is 2.20. The zero-order valence-electron chi connectivity index (χ0n) is 11.7. The second kappa shape index (κ2) is 6.14. The van der Waals surface area contributed by atoms with Gasteiger partial charge in [0.15, 0.2) is 0 Å². The molecular formula is C14H24N4. The molecule has 0 spiro atoms. The standard InChI is InChI=1S/C14H24N4/c1-4-7-15-13-5-8-18(9-6-13)14-12(3)16-10-11(2)17-14/h10,13,15H,4-9H2,1-3H3. The lowest BCUT2D eigenvalue weighted by Crippen LogP contribution is -2.43. The number of hydrogen-bond donors (Lipinski definition) is 1. The molecule has 0 aliphatic carbocycles. The summed E-state index contributed by atoms with van der Waals surface area (Å²) in [5, 5.41) is 3.61. The van der Waals surface area contributed by atoms with Gasteiger partial charge in [-0.3, -0.25) is 4.98 Å². The molecule has 4 nitrogen and oxygen atoms in total. The van der Waals surface area contributed by atoms with Crippen molar-refractivity contribution in [2.24, 2.45) is 0 Å². The lowest BCUT2D eigenvalue weighted by molar-refractivity contribution is 0.414. The van der Waals surface area contributed by atoms with E-state index in [0.717, 1.165) is 36.8 Å². The van der Waals surface area contributed by atoms with Crippen LogP contribution in [0.15, 0.2) is 6.20 Å². The average Bonchev–Trinajstić information content (AvgIpc) is 2.40. The molecule has 0 unspecified atom stereocenters. The van der Waals surface area contributed by atoms with Gasteiger partial charge in [0.25, 0.3) is 0 Å². The van der Waals surface area contributed by atoms with Crippen molar-refractivity contribution in [2.75, 3.05) is 24.5 Å². The first-order chi connectivity index (χ1) is 8.70. The quantitative estimate of drug-likeness (QED) is 0.885. The van der Waals surface area contributed by atoms with Crippen molar-refractivity contribution in [3.8, 4) is 0 Å². The molecule has 2 heterocycles. The Kier molecular flexibility index (Phi) is 4.53. The van der Waals surface area contributed by atoms with E-state index < -0.39 is 0 Å². The number of piperidine rings is 1. The number of aromatic nitrogens is 2. The van der Waals surface area contributed by atoms with Gasteiger partial charge in [-0.15, -0.1) is 0 Å². The Morgan fingerprint density at radius 2 is 2.06 bits per heavy atom. The van der Waals surface area contributed by atoms with Crippen molar-refractivity contribution in [3.63, 3.8) is 0 Å². The molecule has 0 radical (unpaired) electrons. The molecule has 100 valence electrons. The van der Waals surface area contributed by atoms with E-state index in [0.29, 0.717) is 6.04 Å². The summed E-state index contributed by atoms with van der Waals surface area (Å²) in [4.78, 5) is 11.4. The van der Waals surface area contributed by atoms with Gasteiger partial charge < -0.3 is 10.2 Å². The zero-order chi connectivity index (χ0) is 13.0. The van der Waals surface area contributed by atoms with Crippen LogP contribution in [0.2, 0.25) is 0 Å². The van der Waals surface area contributed by atoms with Crippen LogP contribution in [-0.4, -0.2) is 35.6 Å². The highest BCUT2D eigenvalue weighted by molar-refractivity contribution is 5.43. The molecular weight excluding hydrogens is 224 g/mol. The Morgan fingerprint density at radius 3 is 2.72 bits per heavy atom. The molecule has 1 saturated heterocycles. The van der Waals surface area contributed by atoms with Crippen LogP contribution in [-0.2, 0) is 0 Å². The largest absolute Gasteiger partial charge is 0.355 e. The summed E-state index contributed by atoms with van der Waals surface area (Å²) in [5.41, 5.74) is 2.04. The molecule has 1 aliphatic rings. The second-order valence-corrected chi connectivity index (χ2v) is 5.14. The molecule has 1 aromatic heterocycles. The van der Waals surface area contributed by atoms with E-state index in [1.165, 1.54) is 19.3 Å². The fourth-order valence-electron chi connectivity index (χ4n) is 2.47. The smallest absolute Gasteiger partial charge is 0.150 e. The van der Waals surface area contributed by atoms with Gasteiger partial charge in [-0.2, -0.15) is 0 Å². The average molecular weight is 248 g/mol. The van der Waals surface area contributed by atoms with Crippen LogP contribution in [0.5, 0.6) is 0 Å². The van der Waals surface area contributed by atoms with E-state index in [9.17, 15) is 0 Å². The topological polar surface area (TPSA) is 41.0 Å². The Morgan fingerprint density at radius 1 is 1.33 bits per heavy atom. The molecule has 18 heavy (non-hydrogen) atoms. The maximum atomic E-state index is 4.63. The van der Waals surface area contributed by atoms with Crippen molar-refractivity contribution in [2.45, 2.75) is 46.1 Å². The molecule has 1 N–H and O–H groups in total. The molecule has 1 aliphatic heterocycles. The first-order valence-electron chi connectivity index (χ1n) is 6.99. The monoisotopic (exact) mass is 248 g/mol. The van der Waals surface area contributed by atoms with Crippen molar-refractivity contribution < 1.29 is 0 Å². The fourth-order valence-corrected chi connectivity index (χ4v) is 2.47. The Hall–Kier alpha value is -1.16. The van der Waals surface area contributed by atoms with Gasteiger partial charge in [0.2, 0.25) is 0 Å². The predicted molar refractivity (Wildman–Crippen MR) is 75.0 cm³/mol. The van der Waals surface area contributed by atoms with Crippen LogP contribution in [0.25, 0.3) is 0 Å². The lowest BCUT2D eigenvalue weighted by Gasteiger charge is -2.33. The van der Waals surface area contributed by atoms with Crippen molar-refractivity contribution in [3.05, 3.63) is 17.6 Å². The Labute approximate surface area is 110 Å². The zero-order valence-corrected chi connectivity index (χ0v) is 11.7. The van der Waals surface area contributed by atoms with Crippen molar-refractivity contribution >= 4 is 5.82 Å². The van der Waals surface area contributed by atoms with E-state index in [4.69, 9.17) is 0 Å². The second-order valence-electron chi connectivity index (χ2n) is 5.14. The van der Waals surface area contributed by atoms with Crippen LogP contribution in [0.1, 0.15) is 37.6 Å². The van der Waals surface area contributed by atoms with Gasteiger partial charge >= 0.3 is 0 Å². The summed E-state index contributed by atoms with van der Waals surface area (Å²) in [6.07, 6.45) is 5.46. The number of hydrogen-bond acceptors (Lipinski definition) is 4. The molecule has 0 aromatic carbocycles. The summed E-state index contributed by atoms with van der Waals surface area (Å²) >= 11 is 0. The van der Waals surface area contributed by atoms with E-state index in [1.807, 2.05) is 20.0 Å². The first-order valence-corrected chi connectivity index (χ1v) is 6.99. The maximum Gasteiger partial charge on any atom is 0.150 e. The van der Waals surface area contributed by atoms with Gasteiger partial charge in [0.1, 0.15) is 5.82 Å². The van der Waals surface area contributed by atoms with Gasteiger partial charge in [0, 0.05) is 25.3 Å². The molecule has 0 saturated carbocycles. The minimum absolute atomic E-state index is 0.680. The van der Waals surface area contributed by atoms with E-state index >= 15 is 0 Å². The third-order valence-electron chi connectivity index (χ3n) is 3.53. The van der Waals surface area contributed by atoms with Crippen LogP contribution >= 0.6 is 0 Å². The third kappa shape index (κ3) is 3.19. The summed E-state index contributed by atoms with van der Waals surface area (Å²) in [5.74, 6) is 1.07. The number of anilines is 1. The number of aryl methyl sites for hydroxylation is 2. The van der Waals surface area contributed by atoms with E-state index in [1.54, 1.807) is 0 Å². The van der Waals surface area contributed by atoms with Gasteiger partial charge in [0.05, 0.1) is 11.4 Å². The van der Waals surface area contributed by atoms with Crippen molar-refractivity contribution in [1.82, 2.24) is 15.3 Å². The molecule has 0 bridgehead atoms. The van der Waals surface area contributed by atoms with Crippen molar-refractivity contribution in [1.29, 1.82) is 0 Å². The van der Waals surface area contributed by atoms with Crippen LogP contribution in [0.3, 0.4) is 0 Å². The normalized spacial score (nSPS) is 17.2. The molecule has 4 heteroatoms. The van der Waals surface area contributed by atoms with Gasteiger partial charge in [-0.25, -0.2) is 4.98 Å². The summed E-state index contributed by atoms with van der Waals surface area (Å²) in [6.45, 7) is 9.57. The fraction of sp³-hybridized carbons (Fsp3) is 0.714. The first kappa shape index (κ1) is 13.3. The highest BCUT2D eigenvalue weighted by Gasteiger charge is 2.20. The highest BCUT2D eigenvalue weighted by atomic mass is 15.2. The minimum Gasteiger partial charge on any atom is -0.355 e. The van der Waals surface area contributed by atoms with Gasteiger partial charge in [-0.1, -0.05) is 6.92 Å². The molecule has 1 aromatic rings. The lowest BCUT2D eigenvalue weighted by atomic mass is 10.0. The number of nitrogens with one attached hydrogen (secondary N) is 1. The summed E-state index contributed by atoms with van der Waals surface area (Å²) in [7, 11) is 0. The SMILES string of the molecule is CCCNC1CCN(c2nc(C)cnc2C)CC1. The van der Waals surface area contributed by atoms with Crippen LogP contribution in [0.4, 0.5) is 5.82 Å². The number of rotatable bonds is 4. The molecule has 0 atom stereocenters. The van der Waals surface area contributed by atoms with Crippen LogP contribution < -0.4 is 10.2 Å². The Balaban J connectivity index is 1.94. The van der Waals surface area contributed by atoms with E-state index in [2.05, 4.69) is 27.1 Å². The minimum atomic E-state index is 0.680.